The van der Waals surface area contributed by atoms with Crippen LogP contribution in [0.1, 0.15) is 46.0 Å². The number of hydrogen-bond acceptors (Lipinski definition) is 6. The van der Waals surface area contributed by atoms with Gasteiger partial charge in [-0.3, -0.25) is 0 Å². The number of methoxy groups -OCH3 is 1. The Morgan fingerprint density at radius 1 is 0.885 bits per heavy atom. The molecule has 0 bridgehead atoms. The fraction of sp³-hybridized carbons (Fsp3) is 0.500. The van der Waals surface area contributed by atoms with Crippen LogP contribution in [-0.2, 0) is 21.8 Å². The first-order valence-corrected chi connectivity index (χ1v) is 7.00. The monoisotopic (exact) mass is 389 g/mol. The smallest absolute Gasteiger partial charge is 0.434 e. The summed E-state index contributed by atoms with van der Waals surface area (Å²) in [5, 5.41) is 0. The summed E-state index contributed by atoms with van der Waals surface area (Å²) in [6.45, 7) is 1.67. The van der Waals surface area contributed by atoms with Crippen molar-refractivity contribution >= 4 is 11.9 Å². The minimum Gasteiger partial charge on any atom is -0.492 e. The third kappa shape index (κ3) is 4.35. The molecule has 26 heavy (non-hydrogen) atoms. The lowest BCUT2D eigenvalue weighted by atomic mass is 10.0. The summed E-state index contributed by atoms with van der Waals surface area (Å²) in [5.41, 5.74) is -7.25. The van der Waals surface area contributed by atoms with Gasteiger partial charge in [-0.1, -0.05) is 0 Å². The van der Waals surface area contributed by atoms with E-state index in [1.165, 1.54) is 13.8 Å². The van der Waals surface area contributed by atoms with Crippen molar-refractivity contribution in [1.29, 1.82) is 0 Å². The van der Waals surface area contributed by atoms with E-state index in [-0.39, 0.29) is 6.61 Å². The van der Waals surface area contributed by atoms with Gasteiger partial charge < -0.3 is 14.2 Å². The largest absolute Gasteiger partial charge is 0.492 e. The van der Waals surface area contributed by atoms with Gasteiger partial charge >= 0.3 is 24.3 Å². The molecule has 0 saturated heterocycles. The second kappa shape index (κ2) is 7.79. The van der Waals surface area contributed by atoms with E-state index in [0.717, 1.165) is 0 Å². The molecule has 0 atom stereocenters. The third-order valence-electron chi connectivity index (χ3n) is 2.85. The summed E-state index contributed by atoms with van der Waals surface area (Å²) in [7, 11) is 0.708. The van der Waals surface area contributed by atoms with Crippen LogP contribution in [0.5, 0.6) is 5.75 Å². The van der Waals surface area contributed by atoms with Crippen LogP contribution < -0.4 is 4.74 Å². The van der Waals surface area contributed by atoms with Crippen LogP contribution >= 0.6 is 0 Å². The zero-order chi connectivity index (χ0) is 20.3. The van der Waals surface area contributed by atoms with Crippen molar-refractivity contribution in [2.24, 2.45) is 0 Å². The average molecular weight is 389 g/mol. The Bertz CT molecular complexity index is 699. The van der Waals surface area contributed by atoms with E-state index in [1.54, 1.807) is 0 Å². The first-order chi connectivity index (χ1) is 11.9. The molecule has 0 fully saturated rings. The van der Waals surface area contributed by atoms with Gasteiger partial charge in [0.1, 0.15) is 11.1 Å². The normalized spacial score (nSPS) is 11.9. The summed E-state index contributed by atoms with van der Waals surface area (Å²) in [4.78, 5) is 26.2. The fourth-order valence-electron chi connectivity index (χ4n) is 1.95. The highest BCUT2D eigenvalue weighted by Gasteiger charge is 2.48. The highest BCUT2D eigenvalue weighted by atomic mass is 19.4. The van der Waals surface area contributed by atoms with E-state index in [0.29, 0.717) is 7.11 Å². The molecule has 0 spiro atoms. The first-order valence-electron chi connectivity index (χ1n) is 7.00. The standard InChI is InChI=1S/C14H13F6NO5/c1-4-25-8-6(11(22)24-3)9(13(15,16)17)21-10(14(18,19)20)7(8)12(23)26-5-2/h4-5H2,1-3H3. The summed E-state index contributed by atoms with van der Waals surface area (Å²) < 4.78 is 92.8. The van der Waals surface area contributed by atoms with Crippen molar-refractivity contribution in [3.63, 3.8) is 0 Å². The van der Waals surface area contributed by atoms with Gasteiger partial charge in [0.05, 0.1) is 20.3 Å². The van der Waals surface area contributed by atoms with Crippen LogP contribution in [0, 0.1) is 0 Å². The fourth-order valence-corrected chi connectivity index (χ4v) is 1.95. The maximum Gasteiger partial charge on any atom is 0.434 e. The predicted octanol–water partition coefficient (Wildman–Crippen LogP) is 3.48. The Morgan fingerprint density at radius 2 is 1.35 bits per heavy atom. The molecule has 6 nitrogen and oxygen atoms in total. The molecule has 0 N–H and O–H groups in total. The van der Waals surface area contributed by atoms with Gasteiger partial charge in [-0.05, 0) is 13.8 Å². The zero-order valence-corrected chi connectivity index (χ0v) is 13.7. The molecular formula is C14H13F6NO5. The molecule has 12 heteroatoms. The third-order valence-corrected chi connectivity index (χ3v) is 2.85. The molecule has 0 aromatic carbocycles. The highest BCUT2D eigenvalue weighted by molar-refractivity contribution is 6.01. The quantitative estimate of drug-likeness (QED) is 0.567. The first kappa shape index (κ1) is 21.5. The summed E-state index contributed by atoms with van der Waals surface area (Å²) in [6.07, 6.45) is -10.9. The number of rotatable bonds is 5. The van der Waals surface area contributed by atoms with Gasteiger partial charge in [0.25, 0.3) is 0 Å². The molecule has 146 valence electrons. The molecule has 1 rings (SSSR count). The van der Waals surface area contributed by atoms with Gasteiger partial charge in [-0.2, -0.15) is 26.3 Å². The lowest BCUT2D eigenvalue weighted by Crippen LogP contribution is -2.26. The van der Waals surface area contributed by atoms with Crippen LogP contribution in [0.4, 0.5) is 26.3 Å². The Hall–Kier alpha value is -2.53. The number of nitrogens with zero attached hydrogens (tertiary/aromatic N) is 1. The number of halogens is 6. The van der Waals surface area contributed by atoms with Crippen LogP contribution in [0.3, 0.4) is 0 Å². The molecular weight excluding hydrogens is 376 g/mol. The average Bonchev–Trinajstić information content (AvgIpc) is 2.51. The Kier molecular flexibility index (Phi) is 6.44. The SMILES string of the molecule is CCOC(=O)c1c(C(F)(F)F)nc(C(F)(F)F)c(C(=O)OC)c1OCC. The number of alkyl halides is 6. The molecule has 0 amide bonds. The Balaban J connectivity index is 4.08. The lowest BCUT2D eigenvalue weighted by Gasteiger charge is -2.21. The van der Waals surface area contributed by atoms with Crippen molar-refractivity contribution in [2.75, 3.05) is 20.3 Å². The minimum atomic E-state index is -5.46. The molecule has 1 aromatic heterocycles. The van der Waals surface area contributed by atoms with Crippen LogP contribution in [0.2, 0.25) is 0 Å². The van der Waals surface area contributed by atoms with Gasteiger partial charge in [-0.15, -0.1) is 0 Å². The predicted molar refractivity (Wildman–Crippen MR) is 72.7 cm³/mol. The number of carbonyl (C=O) groups excluding carboxylic acids is 2. The van der Waals surface area contributed by atoms with Crippen molar-refractivity contribution in [1.82, 2.24) is 4.98 Å². The summed E-state index contributed by atoms with van der Waals surface area (Å²) in [6, 6.07) is 0. The molecule has 0 aliphatic heterocycles. The maximum atomic E-state index is 13.2. The second-order valence-corrected chi connectivity index (χ2v) is 4.53. The molecule has 0 aliphatic rings. The number of pyridine rings is 1. The van der Waals surface area contributed by atoms with Crippen molar-refractivity contribution in [2.45, 2.75) is 26.2 Å². The van der Waals surface area contributed by atoms with Crippen LogP contribution in [-0.4, -0.2) is 37.2 Å². The van der Waals surface area contributed by atoms with E-state index in [2.05, 4.69) is 14.5 Å². The number of hydrogen-bond donors (Lipinski definition) is 0. The Morgan fingerprint density at radius 3 is 1.69 bits per heavy atom. The van der Waals surface area contributed by atoms with E-state index in [4.69, 9.17) is 4.74 Å². The van der Waals surface area contributed by atoms with E-state index in [1.807, 2.05) is 0 Å². The van der Waals surface area contributed by atoms with Crippen molar-refractivity contribution in [3.8, 4) is 5.75 Å². The summed E-state index contributed by atoms with van der Waals surface area (Å²) in [5.74, 6) is -4.57. The van der Waals surface area contributed by atoms with Crippen LogP contribution in [0.15, 0.2) is 0 Å². The van der Waals surface area contributed by atoms with Crippen molar-refractivity contribution in [3.05, 3.63) is 22.5 Å². The molecule has 0 saturated carbocycles. The number of esters is 2. The molecule has 1 heterocycles. The lowest BCUT2D eigenvalue weighted by molar-refractivity contribution is -0.151. The van der Waals surface area contributed by atoms with Gasteiger partial charge in [0.2, 0.25) is 0 Å². The maximum absolute atomic E-state index is 13.2. The number of carbonyl (C=O) groups is 2. The van der Waals surface area contributed by atoms with Crippen molar-refractivity contribution < 1.29 is 50.1 Å². The van der Waals surface area contributed by atoms with E-state index >= 15 is 0 Å². The second-order valence-electron chi connectivity index (χ2n) is 4.53. The number of ether oxygens (including phenoxy) is 3. The summed E-state index contributed by atoms with van der Waals surface area (Å²) >= 11 is 0. The molecule has 0 aliphatic carbocycles. The Labute approximate surface area is 143 Å². The van der Waals surface area contributed by atoms with E-state index < -0.39 is 59.2 Å². The van der Waals surface area contributed by atoms with Crippen LogP contribution in [0.25, 0.3) is 0 Å². The van der Waals surface area contributed by atoms with Gasteiger partial charge in [0.15, 0.2) is 17.1 Å². The zero-order valence-electron chi connectivity index (χ0n) is 13.7. The van der Waals surface area contributed by atoms with Gasteiger partial charge in [0, 0.05) is 0 Å². The van der Waals surface area contributed by atoms with Gasteiger partial charge in [-0.25, -0.2) is 14.6 Å². The van der Waals surface area contributed by atoms with E-state index in [9.17, 15) is 35.9 Å². The highest BCUT2D eigenvalue weighted by Crippen LogP contribution is 2.43. The minimum absolute atomic E-state index is 0.379. The topological polar surface area (TPSA) is 74.7 Å². The molecule has 0 unspecified atom stereocenters. The molecule has 1 aromatic rings. The number of aromatic nitrogens is 1. The molecule has 0 radical (unpaired) electrons.